The van der Waals surface area contributed by atoms with Crippen molar-refractivity contribution in [3.63, 3.8) is 0 Å². The van der Waals surface area contributed by atoms with Crippen LogP contribution in [-0.4, -0.2) is 36.4 Å². The van der Waals surface area contributed by atoms with Crippen LogP contribution in [-0.2, 0) is 20.3 Å². The number of nitrogens with zero attached hydrogens (tertiary/aromatic N) is 6. The molecule has 0 aromatic carbocycles. The molecule has 0 aliphatic carbocycles. The highest BCUT2D eigenvalue weighted by molar-refractivity contribution is 5.39. The Labute approximate surface area is 116 Å². The van der Waals surface area contributed by atoms with Gasteiger partial charge in [0.05, 0.1) is 17.8 Å². The lowest BCUT2D eigenvalue weighted by Crippen LogP contribution is -2.23. The van der Waals surface area contributed by atoms with E-state index in [-0.39, 0.29) is 10.6 Å². The quantitative estimate of drug-likeness (QED) is 0.607. The lowest BCUT2D eigenvalue weighted by molar-refractivity contribution is -0.386. The summed E-state index contributed by atoms with van der Waals surface area (Å²) in [4.78, 5) is 12.6. The van der Waals surface area contributed by atoms with Gasteiger partial charge in [-0.2, -0.15) is 10.2 Å². The highest BCUT2D eigenvalue weighted by atomic mass is 16.6. The Kier molecular flexibility index (Phi) is 3.84. The Morgan fingerprint density at radius 1 is 1.45 bits per heavy atom. The van der Waals surface area contributed by atoms with Crippen LogP contribution < -0.4 is 0 Å². The Morgan fingerprint density at radius 3 is 2.65 bits per heavy atom. The molecule has 0 saturated heterocycles. The molecule has 0 fully saturated rings. The van der Waals surface area contributed by atoms with Crippen LogP contribution >= 0.6 is 0 Å². The standard InChI is InChI=1S/C12H18N6O2/c1-9-12(18(19)20)10(2)17(14-9)8-15(3)6-11-5-13-16(4)7-11/h5,7H,6,8H2,1-4H3. The zero-order valence-electron chi connectivity index (χ0n) is 12.1. The van der Waals surface area contributed by atoms with E-state index in [0.717, 1.165) is 5.56 Å². The maximum atomic E-state index is 11.0. The molecule has 0 unspecified atom stereocenters. The Hall–Kier alpha value is -2.22. The number of hydrogen-bond acceptors (Lipinski definition) is 5. The molecule has 8 nitrogen and oxygen atoms in total. The molecule has 20 heavy (non-hydrogen) atoms. The average Bonchev–Trinajstić information content (AvgIpc) is 2.84. The maximum absolute atomic E-state index is 11.0. The van der Waals surface area contributed by atoms with Gasteiger partial charge >= 0.3 is 5.69 Å². The number of aryl methyl sites for hydroxylation is 2. The summed E-state index contributed by atoms with van der Waals surface area (Å²) < 4.78 is 3.40. The summed E-state index contributed by atoms with van der Waals surface area (Å²) in [6, 6.07) is 0. The molecule has 0 amide bonds. The van der Waals surface area contributed by atoms with Crippen LogP contribution in [0, 0.1) is 24.0 Å². The normalized spacial score (nSPS) is 11.2. The third-order valence-corrected chi connectivity index (χ3v) is 3.11. The van der Waals surface area contributed by atoms with E-state index in [1.54, 1.807) is 29.4 Å². The van der Waals surface area contributed by atoms with Crippen LogP contribution in [0.15, 0.2) is 12.4 Å². The number of hydrogen-bond donors (Lipinski definition) is 0. The summed E-state index contributed by atoms with van der Waals surface area (Å²) in [6.07, 6.45) is 3.75. The SMILES string of the molecule is Cc1nn(CN(C)Cc2cnn(C)c2)c(C)c1[N+](=O)[O-]. The minimum absolute atomic E-state index is 0.0970. The zero-order chi connectivity index (χ0) is 14.9. The molecule has 2 aromatic rings. The Balaban J connectivity index is 2.10. The molecule has 8 heteroatoms. The Morgan fingerprint density at radius 2 is 2.15 bits per heavy atom. The van der Waals surface area contributed by atoms with Gasteiger partial charge in [-0.05, 0) is 20.9 Å². The minimum atomic E-state index is -0.380. The first-order chi connectivity index (χ1) is 9.38. The van der Waals surface area contributed by atoms with Gasteiger partial charge in [-0.25, -0.2) is 4.68 Å². The first-order valence-corrected chi connectivity index (χ1v) is 6.23. The van der Waals surface area contributed by atoms with E-state index < -0.39 is 0 Å². The van der Waals surface area contributed by atoms with Gasteiger partial charge in [0.2, 0.25) is 0 Å². The molecular formula is C12H18N6O2. The highest BCUT2D eigenvalue weighted by Crippen LogP contribution is 2.21. The molecular weight excluding hydrogens is 260 g/mol. The summed E-state index contributed by atoms with van der Waals surface area (Å²) in [5.41, 5.74) is 2.21. The van der Waals surface area contributed by atoms with Crippen LogP contribution in [0.25, 0.3) is 0 Å². The van der Waals surface area contributed by atoms with E-state index in [1.165, 1.54) is 0 Å². The summed E-state index contributed by atoms with van der Waals surface area (Å²) >= 11 is 0. The summed E-state index contributed by atoms with van der Waals surface area (Å²) in [5, 5.41) is 19.3. The topological polar surface area (TPSA) is 82.0 Å². The zero-order valence-corrected chi connectivity index (χ0v) is 12.1. The first-order valence-electron chi connectivity index (χ1n) is 6.23. The monoisotopic (exact) mass is 278 g/mol. The first kappa shape index (κ1) is 14.2. The van der Waals surface area contributed by atoms with Crippen LogP contribution in [0.5, 0.6) is 0 Å². The van der Waals surface area contributed by atoms with Gasteiger partial charge in [0.25, 0.3) is 0 Å². The molecule has 0 aliphatic heterocycles. The van der Waals surface area contributed by atoms with Crippen molar-refractivity contribution >= 4 is 5.69 Å². The van der Waals surface area contributed by atoms with E-state index in [2.05, 4.69) is 10.2 Å². The lowest BCUT2D eigenvalue weighted by atomic mass is 10.3. The van der Waals surface area contributed by atoms with Crippen molar-refractivity contribution < 1.29 is 4.92 Å². The van der Waals surface area contributed by atoms with Gasteiger partial charge in [-0.15, -0.1) is 0 Å². The lowest BCUT2D eigenvalue weighted by Gasteiger charge is -2.16. The smallest absolute Gasteiger partial charge is 0.283 e. The molecule has 0 saturated carbocycles. The predicted molar refractivity (Wildman–Crippen MR) is 73.0 cm³/mol. The van der Waals surface area contributed by atoms with Gasteiger partial charge < -0.3 is 0 Å². The number of nitro groups is 1. The third kappa shape index (κ3) is 2.85. The highest BCUT2D eigenvalue weighted by Gasteiger charge is 2.22. The van der Waals surface area contributed by atoms with E-state index >= 15 is 0 Å². The van der Waals surface area contributed by atoms with E-state index in [4.69, 9.17) is 0 Å². The molecule has 0 aliphatic rings. The fourth-order valence-electron chi connectivity index (χ4n) is 2.23. The van der Waals surface area contributed by atoms with Gasteiger partial charge in [0, 0.05) is 25.4 Å². The molecule has 0 bridgehead atoms. The van der Waals surface area contributed by atoms with Gasteiger partial charge in [0.15, 0.2) is 0 Å². The van der Waals surface area contributed by atoms with Crippen LogP contribution in [0.2, 0.25) is 0 Å². The molecule has 2 aromatic heterocycles. The van der Waals surface area contributed by atoms with Crippen molar-refractivity contribution in [3.05, 3.63) is 39.5 Å². The molecule has 2 rings (SSSR count). The van der Waals surface area contributed by atoms with Crippen molar-refractivity contribution in [2.75, 3.05) is 7.05 Å². The fourth-order valence-corrected chi connectivity index (χ4v) is 2.23. The molecule has 108 valence electrons. The third-order valence-electron chi connectivity index (χ3n) is 3.11. The van der Waals surface area contributed by atoms with Crippen molar-refractivity contribution in [3.8, 4) is 0 Å². The summed E-state index contributed by atoms with van der Waals surface area (Å²) in [6.45, 7) is 4.58. The molecule has 0 radical (unpaired) electrons. The molecule has 2 heterocycles. The minimum Gasteiger partial charge on any atom is -0.283 e. The number of rotatable bonds is 5. The Bertz CT molecular complexity index is 630. The molecule has 0 spiro atoms. The van der Waals surface area contributed by atoms with Gasteiger partial charge in [-0.3, -0.25) is 19.7 Å². The van der Waals surface area contributed by atoms with Gasteiger partial charge in [-0.1, -0.05) is 0 Å². The van der Waals surface area contributed by atoms with Crippen molar-refractivity contribution in [1.29, 1.82) is 0 Å². The molecule has 0 atom stereocenters. The maximum Gasteiger partial charge on any atom is 0.312 e. The number of aromatic nitrogens is 4. The second-order valence-corrected chi connectivity index (χ2v) is 4.95. The molecule has 0 N–H and O–H groups in total. The second-order valence-electron chi connectivity index (χ2n) is 4.95. The fraction of sp³-hybridized carbons (Fsp3) is 0.500. The van der Waals surface area contributed by atoms with Crippen molar-refractivity contribution in [1.82, 2.24) is 24.5 Å². The van der Waals surface area contributed by atoms with E-state index in [1.807, 2.05) is 25.2 Å². The average molecular weight is 278 g/mol. The van der Waals surface area contributed by atoms with Crippen molar-refractivity contribution in [2.24, 2.45) is 7.05 Å². The van der Waals surface area contributed by atoms with Gasteiger partial charge in [0.1, 0.15) is 11.4 Å². The van der Waals surface area contributed by atoms with Crippen LogP contribution in [0.1, 0.15) is 17.0 Å². The summed E-state index contributed by atoms with van der Waals surface area (Å²) in [7, 11) is 3.81. The summed E-state index contributed by atoms with van der Waals surface area (Å²) in [5.74, 6) is 0. The predicted octanol–water partition coefficient (Wildman–Crippen LogP) is 1.23. The second kappa shape index (κ2) is 5.41. The largest absolute Gasteiger partial charge is 0.312 e. The van der Waals surface area contributed by atoms with Crippen LogP contribution in [0.3, 0.4) is 0 Å². The van der Waals surface area contributed by atoms with Crippen LogP contribution in [0.4, 0.5) is 5.69 Å². The van der Waals surface area contributed by atoms with E-state index in [9.17, 15) is 10.1 Å². The van der Waals surface area contributed by atoms with E-state index in [0.29, 0.717) is 24.6 Å². The van der Waals surface area contributed by atoms with Crippen molar-refractivity contribution in [2.45, 2.75) is 27.1 Å².